The van der Waals surface area contributed by atoms with Gasteiger partial charge in [-0.1, -0.05) is 11.6 Å². The van der Waals surface area contributed by atoms with Crippen molar-refractivity contribution in [2.75, 3.05) is 0 Å². The molecule has 0 fully saturated rings. The van der Waals surface area contributed by atoms with Crippen molar-refractivity contribution in [2.24, 2.45) is 7.05 Å². The van der Waals surface area contributed by atoms with Gasteiger partial charge in [-0.25, -0.2) is 4.39 Å². The summed E-state index contributed by atoms with van der Waals surface area (Å²) in [6.07, 6.45) is 1.13. The van der Waals surface area contributed by atoms with E-state index in [1.165, 1.54) is 18.2 Å². The predicted molar refractivity (Wildman–Crippen MR) is 68.0 cm³/mol. The maximum Gasteiger partial charge on any atom is 0.126 e. The summed E-state index contributed by atoms with van der Waals surface area (Å²) in [6.45, 7) is 1.81. The molecule has 2 aromatic rings. The highest BCUT2D eigenvalue weighted by atomic mass is 35.5. The number of aliphatic hydroxyl groups is 1. The first-order valence-electron chi connectivity index (χ1n) is 5.59. The predicted octanol–water partition coefficient (Wildman–Crippen LogP) is 2.80. The van der Waals surface area contributed by atoms with Crippen LogP contribution in [-0.4, -0.2) is 14.9 Å². The van der Waals surface area contributed by atoms with E-state index < -0.39 is 6.10 Å². The summed E-state index contributed by atoms with van der Waals surface area (Å²) in [5, 5.41) is 14.7. The van der Waals surface area contributed by atoms with Gasteiger partial charge in [0.1, 0.15) is 5.82 Å². The summed E-state index contributed by atoms with van der Waals surface area (Å²) in [5.41, 5.74) is 1.85. The number of hydrogen-bond donors (Lipinski definition) is 1. The largest absolute Gasteiger partial charge is 0.388 e. The molecule has 1 unspecified atom stereocenters. The molecule has 96 valence electrons. The normalized spacial score (nSPS) is 12.7. The zero-order valence-corrected chi connectivity index (χ0v) is 10.9. The maximum absolute atomic E-state index is 13.6. The van der Waals surface area contributed by atoms with Crippen LogP contribution in [0, 0.1) is 12.7 Å². The fourth-order valence-electron chi connectivity index (χ4n) is 1.96. The molecule has 0 radical (unpaired) electrons. The number of halogens is 2. The first-order chi connectivity index (χ1) is 8.47. The molecule has 0 saturated carbocycles. The van der Waals surface area contributed by atoms with Crippen molar-refractivity contribution in [3.8, 4) is 0 Å². The molecule has 0 spiro atoms. The van der Waals surface area contributed by atoms with E-state index in [9.17, 15) is 9.50 Å². The molecule has 18 heavy (non-hydrogen) atoms. The number of aliphatic hydroxyl groups excluding tert-OH is 1. The molecule has 2 rings (SSSR count). The Morgan fingerprint density at radius 2 is 2.22 bits per heavy atom. The molecular formula is C13H14ClFN2O. The Balaban J connectivity index is 2.23. The van der Waals surface area contributed by atoms with Crippen molar-refractivity contribution in [1.29, 1.82) is 0 Å². The summed E-state index contributed by atoms with van der Waals surface area (Å²) in [4.78, 5) is 0. The molecule has 1 aromatic carbocycles. The van der Waals surface area contributed by atoms with E-state index in [0.29, 0.717) is 16.1 Å². The van der Waals surface area contributed by atoms with Crippen LogP contribution in [0.4, 0.5) is 4.39 Å². The van der Waals surface area contributed by atoms with Gasteiger partial charge in [0.15, 0.2) is 0 Å². The summed E-state index contributed by atoms with van der Waals surface area (Å²) in [5.74, 6) is -0.361. The second-order valence-corrected chi connectivity index (χ2v) is 4.74. The van der Waals surface area contributed by atoms with Crippen LogP contribution >= 0.6 is 11.6 Å². The minimum Gasteiger partial charge on any atom is -0.388 e. The number of benzene rings is 1. The lowest BCUT2D eigenvalue weighted by Crippen LogP contribution is -2.04. The van der Waals surface area contributed by atoms with Gasteiger partial charge < -0.3 is 5.11 Å². The molecule has 1 atom stereocenters. The molecule has 1 heterocycles. The Hall–Kier alpha value is -1.39. The van der Waals surface area contributed by atoms with Crippen molar-refractivity contribution < 1.29 is 9.50 Å². The van der Waals surface area contributed by atoms with Gasteiger partial charge in [0, 0.05) is 30.3 Å². The van der Waals surface area contributed by atoms with Gasteiger partial charge in [0.2, 0.25) is 0 Å². The van der Waals surface area contributed by atoms with Gasteiger partial charge in [0.05, 0.1) is 11.8 Å². The second-order valence-electron chi connectivity index (χ2n) is 4.30. The van der Waals surface area contributed by atoms with E-state index in [1.54, 1.807) is 17.9 Å². The molecule has 3 nitrogen and oxygen atoms in total. The topological polar surface area (TPSA) is 38.0 Å². The lowest BCUT2D eigenvalue weighted by molar-refractivity contribution is 0.176. The number of aromatic nitrogens is 2. The van der Waals surface area contributed by atoms with Crippen LogP contribution in [0.3, 0.4) is 0 Å². The highest BCUT2D eigenvalue weighted by Crippen LogP contribution is 2.24. The standard InChI is InChI=1S/C13H14ClFN2O/c1-8-11(7-17(2)16-8)13(18)6-9-5-10(14)3-4-12(9)15/h3-5,7,13,18H,6H2,1-2H3. The van der Waals surface area contributed by atoms with Crippen molar-refractivity contribution in [3.63, 3.8) is 0 Å². The summed E-state index contributed by atoms with van der Waals surface area (Å²) < 4.78 is 15.2. The zero-order chi connectivity index (χ0) is 13.3. The van der Waals surface area contributed by atoms with Gasteiger partial charge in [-0.15, -0.1) is 0 Å². The lowest BCUT2D eigenvalue weighted by atomic mass is 10.0. The van der Waals surface area contributed by atoms with Crippen LogP contribution < -0.4 is 0 Å². The molecule has 1 N–H and O–H groups in total. The molecule has 0 saturated heterocycles. The minimum atomic E-state index is -0.785. The molecule has 1 aromatic heterocycles. The molecule has 0 aliphatic rings. The highest BCUT2D eigenvalue weighted by Gasteiger charge is 2.16. The SMILES string of the molecule is Cc1nn(C)cc1C(O)Cc1cc(Cl)ccc1F. The van der Waals surface area contributed by atoms with E-state index in [2.05, 4.69) is 5.10 Å². The molecule has 0 aliphatic carbocycles. The van der Waals surface area contributed by atoms with Crippen LogP contribution in [-0.2, 0) is 13.5 Å². The monoisotopic (exact) mass is 268 g/mol. The first-order valence-corrected chi connectivity index (χ1v) is 5.97. The van der Waals surface area contributed by atoms with Gasteiger partial charge >= 0.3 is 0 Å². The average Bonchev–Trinajstić information content (AvgIpc) is 2.63. The molecule has 0 aliphatic heterocycles. The minimum absolute atomic E-state index is 0.179. The van der Waals surface area contributed by atoms with E-state index >= 15 is 0 Å². The van der Waals surface area contributed by atoms with Gasteiger partial charge in [0.25, 0.3) is 0 Å². The van der Waals surface area contributed by atoms with E-state index in [0.717, 1.165) is 5.69 Å². The van der Waals surface area contributed by atoms with E-state index in [4.69, 9.17) is 11.6 Å². The van der Waals surface area contributed by atoms with Crippen molar-refractivity contribution in [1.82, 2.24) is 9.78 Å². The fraction of sp³-hybridized carbons (Fsp3) is 0.308. The Kier molecular flexibility index (Phi) is 3.68. The number of hydrogen-bond acceptors (Lipinski definition) is 2. The Labute approximate surface area is 110 Å². The smallest absolute Gasteiger partial charge is 0.126 e. The average molecular weight is 269 g/mol. The van der Waals surface area contributed by atoms with Crippen molar-refractivity contribution in [2.45, 2.75) is 19.4 Å². The fourth-order valence-corrected chi connectivity index (χ4v) is 2.16. The summed E-state index contributed by atoms with van der Waals surface area (Å²) >= 11 is 5.82. The third-order valence-electron chi connectivity index (χ3n) is 2.83. The highest BCUT2D eigenvalue weighted by molar-refractivity contribution is 6.30. The third kappa shape index (κ3) is 2.71. The van der Waals surface area contributed by atoms with Crippen LogP contribution in [0.1, 0.15) is 22.9 Å². The summed E-state index contributed by atoms with van der Waals surface area (Å²) in [6, 6.07) is 4.33. The first kappa shape index (κ1) is 13.1. The molecule has 0 amide bonds. The Morgan fingerprint density at radius 1 is 1.50 bits per heavy atom. The van der Waals surface area contributed by atoms with Crippen molar-refractivity contribution in [3.05, 3.63) is 52.1 Å². The third-order valence-corrected chi connectivity index (χ3v) is 3.07. The van der Waals surface area contributed by atoms with Gasteiger partial charge in [-0.3, -0.25) is 4.68 Å². The molecular weight excluding hydrogens is 255 g/mol. The molecule has 5 heteroatoms. The van der Waals surface area contributed by atoms with Gasteiger partial charge in [-0.05, 0) is 30.7 Å². The number of aryl methyl sites for hydroxylation is 2. The van der Waals surface area contributed by atoms with E-state index in [-0.39, 0.29) is 12.2 Å². The summed E-state index contributed by atoms with van der Waals surface area (Å²) in [7, 11) is 1.78. The second kappa shape index (κ2) is 5.08. The quantitative estimate of drug-likeness (QED) is 0.930. The Bertz CT molecular complexity index is 568. The van der Waals surface area contributed by atoms with Crippen LogP contribution in [0.15, 0.2) is 24.4 Å². The number of rotatable bonds is 3. The van der Waals surface area contributed by atoms with Crippen LogP contribution in [0.5, 0.6) is 0 Å². The zero-order valence-electron chi connectivity index (χ0n) is 10.2. The van der Waals surface area contributed by atoms with Crippen LogP contribution in [0.25, 0.3) is 0 Å². The van der Waals surface area contributed by atoms with Crippen molar-refractivity contribution >= 4 is 11.6 Å². The Morgan fingerprint density at radius 3 is 2.83 bits per heavy atom. The number of nitrogens with zero attached hydrogens (tertiary/aromatic N) is 2. The van der Waals surface area contributed by atoms with Gasteiger partial charge in [-0.2, -0.15) is 5.10 Å². The lowest BCUT2D eigenvalue weighted by Gasteiger charge is -2.10. The maximum atomic E-state index is 13.6. The molecule has 0 bridgehead atoms. The van der Waals surface area contributed by atoms with E-state index in [1.807, 2.05) is 6.92 Å². The van der Waals surface area contributed by atoms with Crippen LogP contribution in [0.2, 0.25) is 5.02 Å².